The zero-order chi connectivity index (χ0) is 16.3. The lowest BCUT2D eigenvalue weighted by atomic mass is 9.78. The molecule has 0 aliphatic heterocycles. The highest BCUT2D eigenvalue weighted by molar-refractivity contribution is 7.98. The molecule has 0 spiro atoms. The molecule has 1 aromatic heterocycles. The normalized spacial score (nSPS) is 22.4. The third-order valence-corrected chi connectivity index (χ3v) is 4.71. The lowest BCUT2D eigenvalue weighted by Crippen LogP contribution is -2.33. The molecule has 0 N–H and O–H groups in total. The van der Waals surface area contributed by atoms with E-state index in [1.54, 1.807) is 6.26 Å². The Morgan fingerprint density at radius 1 is 1.36 bits per heavy atom. The Labute approximate surface area is 137 Å². The molecule has 1 heterocycles. The van der Waals surface area contributed by atoms with E-state index in [0.717, 1.165) is 6.07 Å². The van der Waals surface area contributed by atoms with Crippen LogP contribution in [0.1, 0.15) is 31.4 Å². The minimum absolute atomic E-state index is 0.0114. The van der Waals surface area contributed by atoms with Gasteiger partial charge >= 0.3 is 5.97 Å². The predicted octanol–water partition coefficient (Wildman–Crippen LogP) is 3.92. The second kappa shape index (κ2) is 7.08. The monoisotopic (exact) mass is 350 g/mol. The van der Waals surface area contributed by atoms with Crippen LogP contribution in [0.2, 0.25) is 5.15 Å². The molecule has 0 aromatic carbocycles. The number of halogens is 3. The molecule has 2 rings (SSSR count). The number of hydrogen-bond acceptors (Lipinski definition) is 5. The molecule has 0 saturated heterocycles. The van der Waals surface area contributed by atoms with Crippen molar-refractivity contribution in [2.45, 2.75) is 36.8 Å². The van der Waals surface area contributed by atoms with Crippen LogP contribution in [0.4, 0.5) is 8.78 Å². The van der Waals surface area contributed by atoms with Gasteiger partial charge in [0, 0.05) is 12.0 Å². The first-order valence-electron chi connectivity index (χ1n) is 6.93. The van der Waals surface area contributed by atoms with E-state index in [-0.39, 0.29) is 40.7 Å². The quantitative estimate of drug-likeness (QED) is 0.356. The maximum atomic E-state index is 14.7. The Morgan fingerprint density at radius 3 is 2.55 bits per heavy atom. The summed E-state index contributed by atoms with van der Waals surface area (Å²) in [6.07, 6.45) is 3.02. The van der Waals surface area contributed by atoms with Crippen molar-refractivity contribution >= 4 is 29.3 Å². The van der Waals surface area contributed by atoms with Gasteiger partial charge in [-0.3, -0.25) is 4.79 Å². The van der Waals surface area contributed by atoms with Crippen molar-refractivity contribution in [1.29, 1.82) is 0 Å². The number of methoxy groups -OCH3 is 1. The van der Waals surface area contributed by atoms with Crippen LogP contribution in [-0.4, -0.2) is 29.3 Å². The summed E-state index contributed by atoms with van der Waals surface area (Å²) in [7, 11) is 1.32. The van der Waals surface area contributed by atoms with Crippen molar-refractivity contribution in [3.63, 3.8) is 0 Å². The summed E-state index contributed by atoms with van der Waals surface area (Å²) in [6, 6.07) is 1.12. The highest BCUT2D eigenvalue weighted by Crippen LogP contribution is 2.45. The van der Waals surface area contributed by atoms with Crippen molar-refractivity contribution in [3.05, 3.63) is 16.9 Å². The molecular weight excluding hydrogens is 334 g/mol. The van der Waals surface area contributed by atoms with E-state index in [2.05, 4.69) is 14.7 Å². The van der Waals surface area contributed by atoms with Gasteiger partial charge in [0.25, 0.3) is 5.92 Å². The number of nitrogens with zero attached hydrogens (tertiary/aromatic N) is 2. The van der Waals surface area contributed by atoms with Crippen LogP contribution in [0.5, 0.6) is 0 Å². The molecule has 0 bridgehead atoms. The van der Waals surface area contributed by atoms with Gasteiger partial charge < -0.3 is 4.74 Å². The summed E-state index contributed by atoms with van der Waals surface area (Å²) in [4.78, 5) is 19.2. The topological polar surface area (TPSA) is 52.1 Å². The molecular formula is C14H17ClF2N2O2S. The zero-order valence-corrected chi connectivity index (χ0v) is 13.9. The summed E-state index contributed by atoms with van der Waals surface area (Å²) < 4.78 is 34.0. The minimum atomic E-state index is -3.09. The van der Waals surface area contributed by atoms with E-state index >= 15 is 0 Å². The molecule has 0 radical (unpaired) electrons. The fourth-order valence-corrected chi connectivity index (χ4v) is 3.34. The second-order valence-corrected chi connectivity index (χ2v) is 6.42. The molecule has 4 nitrogen and oxygen atoms in total. The number of thioether (sulfide) groups is 1. The third kappa shape index (κ3) is 3.68. The van der Waals surface area contributed by atoms with E-state index in [9.17, 15) is 13.6 Å². The van der Waals surface area contributed by atoms with E-state index in [1.807, 2.05) is 0 Å². The van der Waals surface area contributed by atoms with Gasteiger partial charge in [-0.15, -0.1) is 0 Å². The van der Waals surface area contributed by atoms with Gasteiger partial charge in [0.2, 0.25) is 0 Å². The molecule has 8 heteroatoms. The minimum Gasteiger partial charge on any atom is -0.469 e. The van der Waals surface area contributed by atoms with Crippen LogP contribution in [0.3, 0.4) is 0 Å². The Bertz CT molecular complexity index is 552. The number of rotatable bonds is 4. The number of alkyl halides is 2. The molecule has 122 valence electrons. The summed E-state index contributed by atoms with van der Waals surface area (Å²) in [6.45, 7) is 0. The Kier molecular flexibility index (Phi) is 5.60. The van der Waals surface area contributed by atoms with Crippen LogP contribution in [0.15, 0.2) is 11.2 Å². The van der Waals surface area contributed by atoms with Gasteiger partial charge in [0.05, 0.1) is 13.0 Å². The molecule has 22 heavy (non-hydrogen) atoms. The van der Waals surface area contributed by atoms with Crippen LogP contribution < -0.4 is 0 Å². The van der Waals surface area contributed by atoms with E-state index in [0.29, 0.717) is 12.8 Å². The molecule has 1 aliphatic rings. The zero-order valence-electron chi connectivity index (χ0n) is 12.3. The molecule has 1 aromatic rings. The predicted molar refractivity (Wildman–Crippen MR) is 80.2 cm³/mol. The van der Waals surface area contributed by atoms with Crippen molar-refractivity contribution in [2.24, 2.45) is 11.8 Å². The smallest absolute Gasteiger partial charge is 0.308 e. The van der Waals surface area contributed by atoms with Gasteiger partial charge in [-0.2, -0.15) is 8.78 Å². The molecule has 0 unspecified atom stereocenters. The first-order valence-corrected chi connectivity index (χ1v) is 8.53. The van der Waals surface area contributed by atoms with E-state index in [4.69, 9.17) is 11.6 Å². The molecule has 1 saturated carbocycles. The van der Waals surface area contributed by atoms with Crippen LogP contribution >= 0.6 is 23.4 Å². The highest BCUT2D eigenvalue weighted by Gasteiger charge is 2.45. The SMILES string of the molecule is COC(=O)[C@H]1CC[C@H](C(F)(F)c2cc(Cl)nc(SC)n2)CC1. The van der Waals surface area contributed by atoms with Gasteiger partial charge in [-0.25, -0.2) is 9.97 Å². The van der Waals surface area contributed by atoms with Gasteiger partial charge in [0.15, 0.2) is 5.16 Å². The maximum absolute atomic E-state index is 14.7. The summed E-state index contributed by atoms with van der Waals surface area (Å²) >= 11 is 6.96. The highest BCUT2D eigenvalue weighted by atomic mass is 35.5. The summed E-state index contributed by atoms with van der Waals surface area (Å²) in [5.74, 6) is -4.54. The Balaban J connectivity index is 2.14. The number of carbonyl (C=O) groups excluding carboxylic acids is 1. The Hall–Kier alpha value is -0.950. The largest absolute Gasteiger partial charge is 0.469 e. The summed E-state index contributed by atoms with van der Waals surface area (Å²) in [5, 5.41) is 0.239. The summed E-state index contributed by atoms with van der Waals surface area (Å²) in [5.41, 5.74) is -0.349. The fourth-order valence-electron chi connectivity index (χ4n) is 2.73. The third-order valence-electron chi connectivity index (χ3n) is 3.97. The van der Waals surface area contributed by atoms with E-state index < -0.39 is 11.8 Å². The fraction of sp³-hybridized carbons (Fsp3) is 0.643. The standard InChI is InChI=1S/C14H17ClF2N2O2S/c1-21-12(20)8-3-5-9(6-4-8)14(16,17)10-7-11(15)19-13(18-10)22-2/h7-9H,3-6H2,1-2H3/t8-,9-. The number of hydrogen-bond donors (Lipinski definition) is 0. The number of carbonyl (C=O) groups is 1. The van der Waals surface area contributed by atoms with Crippen LogP contribution in [-0.2, 0) is 15.5 Å². The number of esters is 1. The van der Waals surface area contributed by atoms with Crippen molar-refractivity contribution in [3.8, 4) is 0 Å². The van der Waals surface area contributed by atoms with Crippen LogP contribution in [0, 0.1) is 11.8 Å². The van der Waals surface area contributed by atoms with Gasteiger partial charge in [-0.05, 0) is 31.9 Å². The first kappa shape index (κ1) is 17.4. The molecule has 0 atom stereocenters. The molecule has 1 aliphatic carbocycles. The number of ether oxygens (including phenoxy) is 1. The lowest BCUT2D eigenvalue weighted by Gasteiger charge is -2.32. The van der Waals surface area contributed by atoms with Crippen molar-refractivity contribution in [1.82, 2.24) is 9.97 Å². The van der Waals surface area contributed by atoms with Crippen molar-refractivity contribution < 1.29 is 18.3 Å². The average molecular weight is 351 g/mol. The van der Waals surface area contributed by atoms with Crippen molar-refractivity contribution in [2.75, 3.05) is 13.4 Å². The van der Waals surface area contributed by atoms with Gasteiger partial charge in [-0.1, -0.05) is 23.4 Å². The van der Waals surface area contributed by atoms with E-state index in [1.165, 1.54) is 18.9 Å². The first-order chi connectivity index (χ1) is 10.4. The molecule has 1 fully saturated rings. The molecule has 0 amide bonds. The van der Waals surface area contributed by atoms with Crippen LogP contribution in [0.25, 0.3) is 0 Å². The Morgan fingerprint density at radius 2 is 2.00 bits per heavy atom. The van der Waals surface area contributed by atoms with Gasteiger partial charge in [0.1, 0.15) is 10.8 Å². The lowest BCUT2D eigenvalue weighted by molar-refractivity contribution is -0.149. The number of aromatic nitrogens is 2. The second-order valence-electron chi connectivity index (χ2n) is 5.26. The maximum Gasteiger partial charge on any atom is 0.308 e. The average Bonchev–Trinajstić information content (AvgIpc) is 2.53.